The van der Waals surface area contributed by atoms with Crippen molar-refractivity contribution < 1.29 is 9.59 Å². The lowest BCUT2D eigenvalue weighted by Gasteiger charge is -2.12. The van der Waals surface area contributed by atoms with Crippen LogP contribution in [0.15, 0.2) is 64.7 Å². The van der Waals surface area contributed by atoms with Gasteiger partial charge in [-0.15, -0.1) is 0 Å². The molecule has 1 aliphatic rings. The average molecular weight is 406 g/mol. The SMILES string of the molecule is CCNC(=O)c1ccc(N=C(CNc2ccccc2)C(=NN)C(=O)NC2CC2)cc1. The molecule has 1 saturated carbocycles. The van der Waals surface area contributed by atoms with Gasteiger partial charge in [0, 0.05) is 23.8 Å². The van der Waals surface area contributed by atoms with Gasteiger partial charge in [-0.05, 0) is 56.2 Å². The molecule has 1 fully saturated rings. The second-order valence-corrected chi connectivity index (χ2v) is 6.91. The number of para-hydroxylation sites is 1. The number of carbonyl (C=O) groups excluding carboxylic acids is 2. The van der Waals surface area contributed by atoms with Crippen LogP contribution >= 0.6 is 0 Å². The van der Waals surface area contributed by atoms with E-state index in [1.54, 1.807) is 24.3 Å². The number of nitrogens with two attached hydrogens (primary N) is 1. The van der Waals surface area contributed by atoms with Crippen LogP contribution in [-0.2, 0) is 4.79 Å². The summed E-state index contributed by atoms with van der Waals surface area (Å²) >= 11 is 0. The smallest absolute Gasteiger partial charge is 0.273 e. The number of anilines is 1. The zero-order chi connectivity index (χ0) is 21.3. The molecule has 0 radical (unpaired) electrons. The monoisotopic (exact) mass is 406 g/mol. The standard InChI is InChI=1S/C22H26N6O2/c1-2-24-21(29)15-8-10-17(11-9-15)26-19(14-25-16-6-4-3-5-7-16)20(28-23)22(30)27-18-12-13-18/h3-11,18,25H,2,12-14,23H2,1H3,(H,24,29)(H,27,30). The number of hydrazone groups is 1. The highest BCUT2D eigenvalue weighted by atomic mass is 16.2. The average Bonchev–Trinajstić information content (AvgIpc) is 3.57. The molecule has 2 amide bonds. The third-order valence-corrected chi connectivity index (χ3v) is 4.49. The Kier molecular flexibility index (Phi) is 7.15. The van der Waals surface area contributed by atoms with Gasteiger partial charge in [-0.1, -0.05) is 18.2 Å². The minimum absolute atomic E-state index is 0.0816. The molecular formula is C22H26N6O2. The Balaban J connectivity index is 1.83. The van der Waals surface area contributed by atoms with E-state index < -0.39 is 0 Å². The zero-order valence-corrected chi connectivity index (χ0v) is 16.9. The minimum atomic E-state index is -0.340. The Labute approximate surface area is 175 Å². The van der Waals surface area contributed by atoms with E-state index in [1.165, 1.54) is 0 Å². The van der Waals surface area contributed by atoms with Crippen LogP contribution in [0.1, 0.15) is 30.1 Å². The second-order valence-electron chi connectivity index (χ2n) is 6.91. The van der Waals surface area contributed by atoms with Gasteiger partial charge in [0.25, 0.3) is 11.8 Å². The summed E-state index contributed by atoms with van der Waals surface area (Å²) in [4.78, 5) is 29.1. The molecule has 0 spiro atoms. The maximum absolute atomic E-state index is 12.6. The maximum atomic E-state index is 12.6. The van der Waals surface area contributed by atoms with Gasteiger partial charge in [0.2, 0.25) is 0 Å². The lowest BCUT2D eigenvalue weighted by molar-refractivity contribution is -0.114. The second kappa shape index (κ2) is 10.2. The summed E-state index contributed by atoms with van der Waals surface area (Å²) in [7, 11) is 0. The first-order chi connectivity index (χ1) is 14.6. The minimum Gasteiger partial charge on any atom is -0.379 e. The third-order valence-electron chi connectivity index (χ3n) is 4.49. The van der Waals surface area contributed by atoms with Crippen LogP contribution in [-0.4, -0.2) is 42.4 Å². The molecule has 0 saturated heterocycles. The van der Waals surface area contributed by atoms with Gasteiger partial charge < -0.3 is 21.8 Å². The fourth-order valence-corrected chi connectivity index (χ4v) is 2.77. The van der Waals surface area contributed by atoms with Gasteiger partial charge >= 0.3 is 0 Å². The van der Waals surface area contributed by atoms with Crippen molar-refractivity contribution in [2.45, 2.75) is 25.8 Å². The highest BCUT2D eigenvalue weighted by molar-refractivity contribution is 6.67. The molecule has 156 valence electrons. The molecule has 3 rings (SSSR count). The van der Waals surface area contributed by atoms with E-state index in [4.69, 9.17) is 5.84 Å². The molecule has 0 aliphatic heterocycles. The van der Waals surface area contributed by atoms with Crippen molar-refractivity contribution in [3.8, 4) is 0 Å². The number of nitrogens with one attached hydrogen (secondary N) is 3. The van der Waals surface area contributed by atoms with E-state index in [-0.39, 0.29) is 30.1 Å². The Morgan fingerprint density at radius 3 is 2.37 bits per heavy atom. The van der Waals surface area contributed by atoms with Gasteiger partial charge in [0.15, 0.2) is 5.71 Å². The van der Waals surface area contributed by atoms with Crippen LogP contribution in [0.4, 0.5) is 11.4 Å². The Morgan fingerprint density at radius 2 is 1.77 bits per heavy atom. The summed E-state index contributed by atoms with van der Waals surface area (Å²) in [5.41, 5.74) is 2.51. The summed E-state index contributed by atoms with van der Waals surface area (Å²) in [6.07, 6.45) is 1.92. The van der Waals surface area contributed by atoms with Crippen LogP contribution in [0, 0.1) is 0 Å². The Bertz CT molecular complexity index is 934. The summed E-state index contributed by atoms with van der Waals surface area (Å²) in [5, 5.41) is 12.6. The van der Waals surface area contributed by atoms with Gasteiger partial charge in [-0.3, -0.25) is 9.59 Å². The van der Waals surface area contributed by atoms with E-state index in [9.17, 15) is 9.59 Å². The number of amides is 2. The molecule has 8 heteroatoms. The van der Waals surface area contributed by atoms with Crippen LogP contribution < -0.4 is 21.8 Å². The quantitative estimate of drug-likeness (QED) is 0.290. The Morgan fingerprint density at radius 1 is 1.07 bits per heavy atom. The van der Waals surface area contributed by atoms with E-state index in [2.05, 4.69) is 26.0 Å². The molecule has 0 bridgehead atoms. The number of hydrogen-bond acceptors (Lipinski definition) is 6. The van der Waals surface area contributed by atoms with E-state index in [0.29, 0.717) is 23.5 Å². The molecule has 2 aromatic carbocycles. The molecule has 5 N–H and O–H groups in total. The Hall–Kier alpha value is -3.68. The number of aliphatic imine (C=N–C) groups is 1. The summed E-state index contributed by atoms with van der Waals surface area (Å²) in [6.45, 7) is 2.68. The summed E-state index contributed by atoms with van der Waals surface area (Å²) < 4.78 is 0. The highest BCUT2D eigenvalue weighted by Gasteiger charge is 2.27. The van der Waals surface area contributed by atoms with Gasteiger partial charge in [-0.2, -0.15) is 5.10 Å². The lowest BCUT2D eigenvalue weighted by atomic mass is 10.1. The predicted molar refractivity (Wildman–Crippen MR) is 119 cm³/mol. The number of hydrogen-bond donors (Lipinski definition) is 4. The normalized spacial score (nSPS) is 14.2. The van der Waals surface area contributed by atoms with Crippen LogP contribution in [0.2, 0.25) is 0 Å². The van der Waals surface area contributed by atoms with Crippen molar-refractivity contribution in [3.63, 3.8) is 0 Å². The fourth-order valence-electron chi connectivity index (χ4n) is 2.77. The molecule has 30 heavy (non-hydrogen) atoms. The molecule has 2 aromatic rings. The van der Waals surface area contributed by atoms with E-state index >= 15 is 0 Å². The van der Waals surface area contributed by atoms with Crippen molar-refractivity contribution >= 4 is 34.6 Å². The first-order valence-corrected chi connectivity index (χ1v) is 9.94. The number of nitrogens with zero attached hydrogens (tertiary/aromatic N) is 2. The van der Waals surface area contributed by atoms with Crippen molar-refractivity contribution in [3.05, 3.63) is 60.2 Å². The molecule has 0 heterocycles. The molecule has 0 aromatic heterocycles. The van der Waals surface area contributed by atoms with Crippen molar-refractivity contribution in [2.24, 2.45) is 15.9 Å². The summed E-state index contributed by atoms with van der Waals surface area (Å²) in [6, 6.07) is 16.6. The highest BCUT2D eigenvalue weighted by Crippen LogP contribution is 2.19. The maximum Gasteiger partial charge on any atom is 0.273 e. The topological polar surface area (TPSA) is 121 Å². The molecule has 0 unspecified atom stereocenters. The van der Waals surface area contributed by atoms with Crippen molar-refractivity contribution in [1.29, 1.82) is 0 Å². The summed E-state index contributed by atoms with van der Waals surface area (Å²) in [5.74, 6) is 5.07. The largest absolute Gasteiger partial charge is 0.379 e. The number of rotatable bonds is 9. The van der Waals surface area contributed by atoms with Crippen LogP contribution in [0.25, 0.3) is 0 Å². The van der Waals surface area contributed by atoms with Crippen molar-refractivity contribution in [2.75, 3.05) is 18.4 Å². The van der Waals surface area contributed by atoms with Crippen molar-refractivity contribution in [1.82, 2.24) is 10.6 Å². The lowest BCUT2D eigenvalue weighted by Crippen LogP contribution is -2.40. The zero-order valence-electron chi connectivity index (χ0n) is 16.9. The van der Waals surface area contributed by atoms with Crippen LogP contribution in [0.5, 0.6) is 0 Å². The first-order valence-electron chi connectivity index (χ1n) is 9.94. The number of carbonyl (C=O) groups is 2. The van der Waals surface area contributed by atoms with Gasteiger partial charge in [0.05, 0.1) is 17.9 Å². The van der Waals surface area contributed by atoms with Crippen LogP contribution in [0.3, 0.4) is 0 Å². The molecule has 1 aliphatic carbocycles. The molecule has 8 nitrogen and oxygen atoms in total. The van der Waals surface area contributed by atoms with E-state index in [1.807, 2.05) is 37.3 Å². The van der Waals surface area contributed by atoms with E-state index in [0.717, 1.165) is 18.5 Å². The predicted octanol–water partition coefficient (Wildman–Crippen LogP) is 2.21. The first kappa shape index (κ1) is 21.0. The third kappa shape index (κ3) is 5.91. The van der Waals surface area contributed by atoms with Gasteiger partial charge in [-0.25, -0.2) is 4.99 Å². The fraction of sp³-hybridized carbons (Fsp3) is 0.273. The molecule has 0 atom stereocenters. The van der Waals surface area contributed by atoms with Gasteiger partial charge in [0.1, 0.15) is 0 Å². The number of benzene rings is 2. The molecular weight excluding hydrogens is 380 g/mol.